The maximum atomic E-state index is 10.0. The van der Waals surface area contributed by atoms with Crippen molar-refractivity contribution in [2.24, 2.45) is 0 Å². The maximum Gasteiger partial charge on any atom is 0.135 e. The molecule has 0 saturated carbocycles. The largest absolute Gasteiger partial charge is 0.458 e. The molecule has 4 nitrogen and oxygen atoms in total. The predicted octanol–water partition coefficient (Wildman–Crippen LogP) is 5.03. The van der Waals surface area contributed by atoms with Gasteiger partial charge in [0.25, 0.3) is 0 Å². The monoisotopic (exact) mass is 384 g/mol. The van der Waals surface area contributed by atoms with Gasteiger partial charge in [-0.3, -0.25) is 0 Å². The molecule has 2 heterocycles. The molecule has 1 aromatic heterocycles. The molecule has 1 fully saturated rings. The molecule has 1 aliphatic rings. The second-order valence-corrected chi connectivity index (χ2v) is 7.82. The van der Waals surface area contributed by atoms with Crippen LogP contribution in [0.5, 0.6) is 0 Å². The Balaban J connectivity index is 1.49. The highest BCUT2D eigenvalue weighted by Gasteiger charge is 2.36. The number of benzene rings is 4. The Kier molecular flexibility index (Phi) is 3.68. The number of aliphatic hydroxyl groups is 2. The molecule has 3 atom stereocenters. The van der Waals surface area contributed by atoms with E-state index in [4.69, 9.17) is 9.15 Å². The van der Waals surface area contributed by atoms with Crippen molar-refractivity contribution < 1.29 is 19.4 Å². The third-order valence-corrected chi connectivity index (χ3v) is 6.14. The molecule has 1 saturated heterocycles. The van der Waals surface area contributed by atoms with Crippen molar-refractivity contribution in [1.29, 1.82) is 0 Å². The van der Waals surface area contributed by atoms with Crippen LogP contribution in [0.3, 0.4) is 0 Å². The van der Waals surface area contributed by atoms with Crippen molar-refractivity contribution in [3.63, 3.8) is 0 Å². The lowest BCUT2D eigenvalue weighted by molar-refractivity contribution is -0.0275. The lowest BCUT2D eigenvalue weighted by Crippen LogP contribution is -2.24. The van der Waals surface area contributed by atoms with Gasteiger partial charge in [0, 0.05) is 12.0 Å². The van der Waals surface area contributed by atoms with Crippen molar-refractivity contribution >= 4 is 32.3 Å². The quantitative estimate of drug-likeness (QED) is 0.429. The number of aliphatic hydroxyl groups excluding tert-OH is 2. The van der Waals surface area contributed by atoms with Gasteiger partial charge in [-0.2, -0.15) is 0 Å². The van der Waals surface area contributed by atoms with Crippen molar-refractivity contribution in [2.45, 2.75) is 24.7 Å². The molecule has 0 unspecified atom stereocenters. The summed E-state index contributed by atoms with van der Waals surface area (Å²) in [5.41, 5.74) is 1.04. The number of hydrogen-bond acceptors (Lipinski definition) is 4. The molecule has 0 spiro atoms. The van der Waals surface area contributed by atoms with Gasteiger partial charge in [-0.15, -0.1) is 0 Å². The van der Waals surface area contributed by atoms with Crippen LogP contribution in [-0.2, 0) is 4.74 Å². The summed E-state index contributed by atoms with van der Waals surface area (Å²) in [6.45, 7) is -0.194. The minimum absolute atomic E-state index is 0.194. The first-order valence-corrected chi connectivity index (χ1v) is 9.94. The van der Waals surface area contributed by atoms with Crippen LogP contribution in [0.15, 0.2) is 71.1 Å². The third kappa shape index (κ3) is 2.50. The van der Waals surface area contributed by atoms with Gasteiger partial charge in [0.05, 0.1) is 12.7 Å². The number of furan rings is 1. The van der Waals surface area contributed by atoms with Gasteiger partial charge in [0.1, 0.15) is 23.7 Å². The summed E-state index contributed by atoms with van der Waals surface area (Å²) in [4.78, 5) is 0. The highest BCUT2D eigenvalue weighted by Crippen LogP contribution is 2.41. The third-order valence-electron chi connectivity index (χ3n) is 6.14. The van der Waals surface area contributed by atoms with E-state index in [2.05, 4.69) is 54.6 Å². The molecule has 5 aromatic rings. The maximum absolute atomic E-state index is 10.0. The van der Waals surface area contributed by atoms with E-state index in [-0.39, 0.29) is 12.7 Å². The Labute approximate surface area is 167 Å². The normalized spacial score (nSPS) is 22.3. The van der Waals surface area contributed by atoms with Crippen molar-refractivity contribution in [3.8, 4) is 11.3 Å². The van der Waals surface area contributed by atoms with Crippen LogP contribution in [0, 0.1) is 0 Å². The summed E-state index contributed by atoms with van der Waals surface area (Å²) in [7, 11) is 0. The Morgan fingerprint density at radius 2 is 1.55 bits per heavy atom. The van der Waals surface area contributed by atoms with Crippen LogP contribution < -0.4 is 0 Å². The molecule has 0 bridgehead atoms. The first-order valence-electron chi connectivity index (χ1n) is 9.94. The lowest BCUT2D eigenvalue weighted by atomic mass is 9.91. The standard InChI is InChI=1S/C25H20O4/c26-13-23-19(27)12-22(29-23)21-11-10-20(28-21)17-8-6-16-5-4-14-2-1-3-15-7-9-18(17)25(16)24(14)15/h1-11,19,22-23,26-27H,12-13H2/t19-,22+,23+/m0/s1. The van der Waals surface area contributed by atoms with Gasteiger partial charge in [0.2, 0.25) is 0 Å². The van der Waals surface area contributed by atoms with Gasteiger partial charge >= 0.3 is 0 Å². The average Bonchev–Trinajstić information content (AvgIpc) is 3.38. The fourth-order valence-corrected chi connectivity index (χ4v) is 4.70. The van der Waals surface area contributed by atoms with E-state index in [0.717, 1.165) is 16.7 Å². The first-order chi connectivity index (χ1) is 14.2. The molecule has 4 heteroatoms. The minimum Gasteiger partial charge on any atom is -0.458 e. The van der Waals surface area contributed by atoms with Gasteiger partial charge in [-0.1, -0.05) is 48.5 Å². The van der Waals surface area contributed by atoms with E-state index < -0.39 is 12.2 Å². The molecule has 144 valence electrons. The van der Waals surface area contributed by atoms with Crippen LogP contribution >= 0.6 is 0 Å². The fraction of sp³-hybridized carbons (Fsp3) is 0.200. The zero-order chi connectivity index (χ0) is 19.5. The van der Waals surface area contributed by atoms with E-state index in [1.165, 1.54) is 26.9 Å². The van der Waals surface area contributed by atoms with E-state index in [0.29, 0.717) is 12.2 Å². The van der Waals surface area contributed by atoms with Crippen LogP contribution in [0.2, 0.25) is 0 Å². The van der Waals surface area contributed by atoms with E-state index >= 15 is 0 Å². The van der Waals surface area contributed by atoms with E-state index in [1.54, 1.807) is 0 Å². The second-order valence-electron chi connectivity index (χ2n) is 7.82. The first kappa shape index (κ1) is 17.0. The van der Waals surface area contributed by atoms with Gasteiger partial charge in [-0.05, 0) is 50.5 Å². The SMILES string of the molecule is OC[C@H]1O[C@@H](c2ccc(-c3ccc4ccc5cccc6ccc3c4c56)o2)C[C@@H]1O. The fourth-order valence-electron chi connectivity index (χ4n) is 4.70. The average molecular weight is 384 g/mol. The highest BCUT2D eigenvalue weighted by atomic mass is 16.5. The van der Waals surface area contributed by atoms with Crippen molar-refractivity contribution in [2.75, 3.05) is 6.61 Å². The Bertz CT molecular complexity index is 1320. The zero-order valence-corrected chi connectivity index (χ0v) is 15.7. The zero-order valence-electron chi connectivity index (χ0n) is 15.7. The smallest absolute Gasteiger partial charge is 0.135 e. The molecule has 6 rings (SSSR count). The minimum atomic E-state index is -0.673. The molecule has 2 N–H and O–H groups in total. The molecule has 29 heavy (non-hydrogen) atoms. The molecule has 0 aliphatic carbocycles. The topological polar surface area (TPSA) is 62.8 Å². The van der Waals surface area contributed by atoms with Gasteiger partial charge in [0.15, 0.2) is 0 Å². The molecular weight excluding hydrogens is 364 g/mol. The number of hydrogen-bond donors (Lipinski definition) is 2. The summed E-state index contributed by atoms with van der Waals surface area (Å²) in [5.74, 6) is 1.46. The van der Waals surface area contributed by atoms with Crippen molar-refractivity contribution in [3.05, 3.63) is 72.5 Å². The predicted molar refractivity (Wildman–Crippen MR) is 113 cm³/mol. The van der Waals surface area contributed by atoms with E-state index in [1.807, 2.05) is 12.1 Å². The van der Waals surface area contributed by atoms with Gasteiger partial charge in [-0.25, -0.2) is 0 Å². The number of rotatable bonds is 3. The number of ether oxygens (including phenoxy) is 1. The Morgan fingerprint density at radius 3 is 2.31 bits per heavy atom. The molecule has 1 aliphatic heterocycles. The summed E-state index contributed by atoms with van der Waals surface area (Å²) < 4.78 is 11.9. The molecule has 0 amide bonds. The Hall–Kier alpha value is -2.92. The van der Waals surface area contributed by atoms with Crippen LogP contribution in [0.4, 0.5) is 0 Å². The summed E-state index contributed by atoms with van der Waals surface area (Å²) in [6, 6.07) is 23.2. The summed E-state index contributed by atoms with van der Waals surface area (Å²) in [5, 5.41) is 26.7. The molecule has 4 aromatic carbocycles. The summed E-state index contributed by atoms with van der Waals surface area (Å²) >= 11 is 0. The lowest BCUT2D eigenvalue weighted by Gasteiger charge is -2.13. The second kappa shape index (κ2) is 6.29. The highest BCUT2D eigenvalue weighted by molar-refractivity contribution is 6.25. The molecular formula is C25H20O4. The van der Waals surface area contributed by atoms with E-state index in [9.17, 15) is 10.2 Å². The van der Waals surface area contributed by atoms with Crippen LogP contribution in [0.1, 0.15) is 18.3 Å². The van der Waals surface area contributed by atoms with Gasteiger partial charge < -0.3 is 19.4 Å². The van der Waals surface area contributed by atoms with Crippen LogP contribution in [-0.4, -0.2) is 29.0 Å². The van der Waals surface area contributed by atoms with Crippen LogP contribution in [0.25, 0.3) is 43.6 Å². The Morgan fingerprint density at radius 1 is 0.828 bits per heavy atom. The molecule has 0 radical (unpaired) electrons. The summed E-state index contributed by atoms with van der Waals surface area (Å²) in [6.07, 6.45) is -1.14. The van der Waals surface area contributed by atoms with Crippen molar-refractivity contribution in [1.82, 2.24) is 0 Å².